The second-order valence-electron chi connectivity index (χ2n) is 19.7. The van der Waals surface area contributed by atoms with Crippen molar-refractivity contribution in [1.82, 2.24) is 29.2 Å². The molecule has 2 saturated heterocycles. The third-order valence-electron chi connectivity index (χ3n) is 15.2. The Morgan fingerprint density at radius 1 is 0.808 bits per heavy atom. The molecule has 14 nitrogen and oxygen atoms in total. The number of piperidine rings is 1. The number of phenolic OH excluding ortho intramolecular Hbond substituents is 1. The molecule has 0 unspecified atom stereocenters. The second kappa shape index (κ2) is 22.0. The minimum Gasteiger partial charge on any atom is -0.508 e. The van der Waals surface area contributed by atoms with Crippen LogP contribution in [0.4, 0.5) is 15.8 Å². The average Bonchev–Trinajstić information content (AvgIpc) is 3.72. The molecule has 1 N–H and O–H groups in total. The van der Waals surface area contributed by atoms with Gasteiger partial charge in [-0.1, -0.05) is 36.8 Å². The zero-order valence-electron chi connectivity index (χ0n) is 42.0. The second-order valence-corrected chi connectivity index (χ2v) is 19.7. The van der Waals surface area contributed by atoms with Crippen LogP contribution >= 0.6 is 0 Å². The quantitative estimate of drug-likeness (QED) is 0.114. The van der Waals surface area contributed by atoms with E-state index < -0.39 is 5.82 Å². The van der Waals surface area contributed by atoms with Crippen molar-refractivity contribution in [3.05, 3.63) is 154 Å². The van der Waals surface area contributed by atoms with E-state index in [1.165, 1.54) is 37.3 Å². The first kappa shape index (κ1) is 49.5. The highest BCUT2D eigenvalue weighted by atomic mass is 19.1. The van der Waals surface area contributed by atoms with Crippen molar-refractivity contribution in [2.45, 2.75) is 64.6 Å². The highest BCUT2D eigenvalue weighted by Crippen LogP contribution is 2.38. The van der Waals surface area contributed by atoms with Crippen LogP contribution in [0.15, 0.2) is 103 Å². The van der Waals surface area contributed by atoms with Crippen molar-refractivity contribution in [3.63, 3.8) is 0 Å². The monoisotopic (exact) mass is 989 g/mol. The van der Waals surface area contributed by atoms with Crippen LogP contribution in [0.25, 0.3) is 11.3 Å². The van der Waals surface area contributed by atoms with E-state index in [0.717, 1.165) is 75.2 Å². The average molecular weight is 990 g/mol. The number of aromatic hydroxyl groups is 1. The maximum Gasteiger partial charge on any atom is 0.264 e. The van der Waals surface area contributed by atoms with Crippen molar-refractivity contribution < 1.29 is 38.1 Å². The number of morpholine rings is 1. The Hall–Kier alpha value is -7.07. The first-order chi connectivity index (χ1) is 35.5. The summed E-state index contributed by atoms with van der Waals surface area (Å²) >= 11 is 0. The molecule has 15 heteroatoms. The molecule has 10 rings (SSSR count). The van der Waals surface area contributed by atoms with E-state index in [2.05, 4.69) is 39.0 Å². The molecule has 0 radical (unpaired) electrons. The Labute approximate surface area is 426 Å². The first-order valence-electron chi connectivity index (χ1n) is 25.6. The predicted octanol–water partition coefficient (Wildman–Crippen LogP) is 8.12. The van der Waals surface area contributed by atoms with Crippen LogP contribution in [0.1, 0.15) is 73.5 Å². The molecule has 0 saturated carbocycles. The van der Waals surface area contributed by atoms with Crippen LogP contribution in [0.5, 0.6) is 17.4 Å². The summed E-state index contributed by atoms with van der Waals surface area (Å²) in [6.45, 7) is 9.99. The normalized spacial score (nSPS) is 17.2. The van der Waals surface area contributed by atoms with Crippen molar-refractivity contribution in [1.29, 1.82) is 0 Å². The SMILES string of the molecule is COc1ccc(N(C(=O)c2cc(-c3cc4c(cc3C(=O)N3Cc5ccccc5C[C@H]3CN3CCCCC3)CN(C(=O)Cc3ccc(OCCN5CCOCC5)cc3F)CC4)n(C)c2C)c2ccc(O)cc2)cn1. The van der Waals surface area contributed by atoms with Crippen molar-refractivity contribution >= 4 is 29.1 Å². The predicted molar refractivity (Wildman–Crippen MR) is 277 cm³/mol. The van der Waals surface area contributed by atoms with E-state index >= 15 is 14.0 Å². The van der Waals surface area contributed by atoms with E-state index in [0.29, 0.717) is 96.0 Å². The van der Waals surface area contributed by atoms with E-state index in [-0.39, 0.29) is 42.5 Å². The highest BCUT2D eigenvalue weighted by molar-refractivity contribution is 6.12. The van der Waals surface area contributed by atoms with Gasteiger partial charge >= 0.3 is 0 Å². The van der Waals surface area contributed by atoms with Gasteiger partial charge in [0.05, 0.1) is 44.2 Å². The lowest BCUT2D eigenvalue weighted by molar-refractivity contribution is -0.131. The molecule has 0 aliphatic carbocycles. The number of rotatable bonds is 14. The number of carbonyl (C=O) groups is 3. The Balaban J connectivity index is 0.981. The molecular formula is C58H64FN7O7. The Morgan fingerprint density at radius 3 is 2.32 bits per heavy atom. The molecule has 4 aliphatic heterocycles. The van der Waals surface area contributed by atoms with Crippen LogP contribution in [-0.2, 0) is 48.9 Å². The number of likely N-dealkylation sites (tertiary alicyclic amines) is 1. The van der Waals surface area contributed by atoms with E-state index in [1.54, 1.807) is 52.4 Å². The summed E-state index contributed by atoms with van der Waals surface area (Å²) in [5, 5.41) is 10.2. The number of halogens is 1. The molecule has 73 heavy (non-hydrogen) atoms. The molecule has 4 aromatic carbocycles. The Bertz CT molecular complexity index is 2970. The number of amides is 3. The largest absolute Gasteiger partial charge is 0.508 e. The maximum absolute atomic E-state index is 15.7. The van der Waals surface area contributed by atoms with E-state index in [4.69, 9.17) is 14.2 Å². The third kappa shape index (κ3) is 10.9. The van der Waals surface area contributed by atoms with Gasteiger partial charge in [-0.05, 0) is 128 Å². The van der Waals surface area contributed by atoms with E-state index in [9.17, 15) is 9.90 Å². The van der Waals surface area contributed by atoms with Crippen molar-refractivity contribution in [3.8, 4) is 28.6 Å². The number of fused-ring (bicyclic) bond motifs is 2. The van der Waals surface area contributed by atoms with Gasteiger partial charge in [0.15, 0.2) is 0 Å². The first-order valence-corrected chi connectivity index (χ1v) is 25.6. The number of pyridine rings is 1. The number of phenols is 1. The Kier molecular flexibility index (Phi) is 14.9. The Morgan fingerprint density at radius 2 is 1.58 bits per heavy atom. The maximum atomic E-state index is 15.7. The summed E-state index contributed by atoms with van der Waals surface area (Å²) in [6.07, 6.45) is 6.19. The van der Waals surface area contributed by atoms with Crippen LogP contribution < -0.4 is 14.4 Å². The lowest BCUT2D eigenvalue weighted by atomic mass is 9.89. The molecule has 0 spiro atoms. The van der Waals surface area contributed by atoms with Crippen LogP contribution in [0.3, 0.4) is 0 Å². The summed E-state index contributed by atoms with van der Waals surface area (Å²) in [6, 6.07) is 28.8. The number of aromatic nitrogens is 2. The topological polar surface area (TPSA) is 133 Å². The molecule has 3 amide bonds. The summed E-state index contributed by atoms with van der Waals surface area (Å²) in [5.41, 5.74) is 8.52. The van der Waals surface area contributed by atoms with Gasteiger partial charge in [-0.3, -0.25) is 24.2 Å². The zero-order chi connectivity index (χ0) is 50.6. The van der Waals surface area contributed by atoms with Gasteiger partial charge in [-0.2, -0.15) is 0 Å². The van der Waals surface area contributed by atoms with Crippen LogP contribution in [-0.4, -0.2) is 131 Å². The molecule has 6 heterocycles. The van der Waals surface area contributed by atoms with Gasteiger partial charge in [0.25, 0.3) is 11.8 Å². The van der Waals surface area contributed by atoms with Gasteiger partial charge in [0.2, 0.25) is 11.8 Å². The zero-order valence-corrected chi connectivity index (χ0v) is 42.0. The molecule has 6 aromatic rings. The number of anilines is 2. The van der Waals surface area contributed by atoms with Crippen LogP contribution in [0, 0.1) is 12.7 Å². The number of hydrogen-bond donors (Lipinski definition) is 1. The van der Waals surface area contributed by atoms with Crippen molar-refractivity contribution in [2.75, 3.05) is 77.6 Å². The van der Waals surface area contributed by atoms with Gasteiger partial charge in [-0.25, -0.2) is 9.37 Å². The smallest absolute Gasteiger partial charge is 0.264 e. The van der Waals surface area contributed by atoms with Gasteiger partial charge in [0.1, 0.15) is 23.9 Å². The minimum atomic E-state index is -0.489. The molecule has 2 fully saturated rings. The number of hydrogen-bond acceptors (Lipinski definition) is 10. The molecular weight excluding hydrogens is 926 g/mol. The fourth-order valence-corrected chi connectivity index (χ4v) is 10.9. The lowest BCUT2D eigenvalue weighted by Crippen LogP contribution is -2.51. The summed E-state index contributed by atoms with van der Waals surface area (Å²) in [5.74, 6) is -0.253. The molecule has 0 bridgehead atoms. The minimum absolute atomic E-state index is 0.0648. The summed E-state index contributed by atoms with van der Waals surface area (Å²) in [7, 11) is 3.44. The molecule has 380 valence electrons. The number of nitrogens with zero attached hydrogens (tertiary/aromatic N) is 7. The van der Waals surface area contributed by atoms with E-state index in [1.807, 2.05) is 41.6 Å². The lowest BCUT2D eigenvalue weighted by Gasteiger charge is -2.41. The van der Waals surface area contributed by atoms with Gasteiger partial charge in [-0.15, -0.1) is 0 Å². The fourth-order valence-electron chi connectivity index (χ4n) is 10.9. The number of benzene rings is 4. The standard InChI is InChI=1S/C58H64FN7O7/c1-39-50(58(70)66(45-12-15-48(67)16-13-45)46-14-18-55(71-3)60-35-46)34-54(61(39)2)51-30-41-19-22-64(56(68)32-42-11-17-49(33-53(42)59)73-28-25-62-23-26-72-27-24-62)36-44(41)31-52(51)57(69)65-37-43-10-6-5-9-40(43)29-47(65)38-63-20-7-4-8-21-63/h5-6,9-18,30-31,33-35,47,67H,4,7-8,19-29,32,36-38H2,1-3H3/t47-/m0/s1. The molecule has 1 atom stereocenters. The number of ether oxygens (including phenoxy) is 3. The highest BCUT2D eigenvalue weighted by Gasteiger charge is 2.36. The van der Waals surface area contributed by atoms with Crippen LogP contribution in [0.2, 0.25) is 0 Å². The van der Waals surface area contributed by atoms with Gasteiger partial charge in [0, 0.05) is 99.2 Å². The summed E-state index contributed by atoms with van der Waals surface area (Å²) in [4.78, 5) is 59.4. The summed E-state index contributed by atoms with van der Waals surface area (Å²) < 4.78 is 34.2. The third-order valence-corrected chi connectivity index (χ3v) is 15.2. The fraction of sp³-hybridized carbons (Fsp3) is 0.379. The molecule has 2 aromatic heterocycles. The molecule has 4 aliphatic rings. The number of methoxy groups -OCH3 is 1. The van der Waals surface area contributed by atoms with Gasteiger partial charge < -0.3 is 38.6 Å². The van der Waals surface area contributed by atoms with Crippen molar-refractivity contribution in [2.24, 2.45) is 7.05 Å². The number of carbonyl (C=O) groups excluding carboxylic acids is 3.